The van der Waals surface area contributed by atoms with Crippen LogP contribution < -0.4 is 10.6 Å². The largest absolute Gasteiger partial charge is 0.354 e. The molecule has 0 saturated heterocycles. The van der Waals surface area contributed by atoms with Crippen LogP contribution in [0.25, 0.3) is 0 Å². The van der Waals surface area contributed by atoms with Crippen LogP contribution in [0.2, 0.25) is 0 Å². The fraction of sp³-hybridized carbons (Fsp3) is 0.0714. The summed E-state index contributed by atoms with van der Waals surface area (Å²) in [5.74, 6) is -0.798. The van der Waals surface area contributed by atoms with Crippen LogP contribution in [0.15, 0.2) is 82.6 Å². The molecule has 1 aliphatic carbocycles. The van der Waals surface area contributed by atoms with Crippen LogP contribution in [-0.4, -0.2) is 29.1 Å². The Kier molecular flexibility index (Phi) is 6.58. The molecule has 1 aliphatic rings. The fourth-order valence-corrected chi connectivity index (χ4v) is 5.66. The van der Waals surface area contributed by atoms with E-state index in [4.69, 9.17) is 0 Å². The molecule has 0 unspecified atom stereocenters. The minimum absolute atomic E-state index is 0.0534. The summed E-state index contributed by atoms with van der Waals surface area (Å²) in [6.07, 6.45) is 0. The van der Waals surface area contributed by atoms with E-state index in [9.17, 15) is 27.1 Å². The first-order valence-electron chi connectivity index (χ1n) is 11.5. The van der Waals surface area contributed by atoms with Crippen molar-refractivity contribution in [1.29, 1.82) is 0 Å². The van der Waals surface area contributed by atoms with Crippen LogP contribution in [-0.2, 0) is 10.1 Å². The second-order valence-electron chi connectivity index (χ2n) is 8.93. The van der Waals surface area contributed by atoms with Gasteiger partial charge in [-0.15, -0.1) is 0 Å². The van der Waals surface area contributed by atoms with Crippen LogP contribution in [0.5, 0.6) is 0 Å². The molecule has 0 bridgehead atoms. The van der Waals surface area contributed by atoms with Crippen molar-refractivity contribution in [3.63, 3.8) is 0 Å². The van der Waals surface area contributed by atoms with E-state index in [1.807, 2.05) is 13.0 Å². The number of nitrogens with one attached hydrogen (secondary N) is 2. The number of hydrogen-bond donors (Lipinski definition) is 4. The molecular weight excluding hydrogens is 524 g/mol. The van der Waals surface area contributed by atoms with Crippen LogP contribution in [0.4, 0.5) is 22.7 Å². The summed E-state index contributed by atoms with van der Waals surface area (Å²) >= 11 is 0.559. The molecule has 0 aromatic heterocycles. The van der Waals surface area contributed by atoms with Gasteiger partial charge in [0.05, 0.1) is 38.8 Å². The van der Waals surface area contributed by atoms with Gasteiger partial charge in [0.1, 0.15) is 4.90 Å². The molecule has 0 amide bonds. The number of carbonyl (C=O) groups is 2. The molecule has 0 saturated carbocycles. The van der Waals surface area contributed by atoms with Crippen molar-refractivity contribution < 1.29 is 27.1 Å². The van der Waals surface area contributed by atoms with E-state index in [1.54, 1.807) is 61.5 Å². The quantitative estimate of drug-likeness (QED) is 0.141. The summed E-state index contributed by atoms with van der Waals surface area (Å²) in [7, 11) is -4.58. The zero-order valence-corrected chi connectivity index (χ0v) is 21.9. The van der Waals surface area contributed by atoms with Crippen LogP contribution in [0.1, 0.15) is 43.0 Å². The summed E-state index contributed by atoms with van der Waals surface area (Å²) in [6, 6.07) is 19.5. The van der Waals surface area contributed by atoms with Gasteiger partial charge in [-0.05, 0) is 61.4 Å². The van der Waals surface area contributed by atoms with Gasteiger partial charge in [0, 0.05) is 23.2 Å². The summed E-state index contributed by atoms with van der Waals surface area (Å²) < 4.78 is 43.7. The maximum absolute atomic E-state index is 13.7. The monoisotopic (exact) mass is 546 g/mol. The summed E-state index contributed by atoms with van der Waals surface area (Å²) in [5, 5.41) is 6.13. The molecule has 8 nitrogen and oxygen atoms in total. The Morgan fingerprint density at radius 2 is 1.16 bits per heavy atom. The van der Waals surface area contributed by atoms with Crippen LogP contribution in [0.3, 0.4) is 0 Å². The Bertz CT molecular complexity index is 1750. The van der Waals surface area contributed by atoms with Crippen molar-refractivity contribution in [3.05, 3.63) is 106 Å². The van der Waals surface area contributed by atoms with Gasteiger partial charge in [-0.2, -0.15) is 8.42 Å². The second kappa shape index (κ2) is 9.73. The van der Waals surface area contributed by atoms with Gasteiger partial charge in [-0.25, -0.2) is 0 Å². The molecule has 4 aromatic carbocycles. The SMILES string of the molecule is Cc1ccc(Nc2ccc(Nc3ccc(C)cc3S(=O)(=O)O)c3c2C(=O)c2ccccc2C3=O)c(SO)c1. The lowest BCUT2D eigenvalue weighted by Gasteiger charge is -2.24. The standard InChI is InChI=1S/C28H22N2O6S2/c1-15-7-9-19(23(13-15)37-33)29-21-11-12-22(30-20-10-8-16(2)14-24(20)38(34,35)36)26-25(21)27(31)17-5-3-4-6-18(17)28(26)32/h3-14,29-30,33H,1-2H3,(H,34,35,36). The van der Waals surface area contributed by atoms with Gasteiger partial charge in [-0.1, -0.05) is 36.4 Å². The molecule has 0 heterocycles. The molecule has 192 valence electrons. The number of fused-ring (bicyclic) bond motifs is 2. The number of hydrogen-bond acceptors (Lipinski definition) is 8. The molecule has 0 radical (unpaired) electrons. The molecule has 0 fully saturated rings. The summed E-state index contributed by atoms with van der Waals surface area (Å²) in [4.78, 5) is 27.7. The average molecular weight is 547 g/mol. The molecule has 5 rings (SSSR count). The van der Waals surface area contributed by atoms with Gasteiger partial charge in [0.15, 0.2) is 11.6 Å². The van der Waals surface area contributed by atoms with Gasteiger partial charge < -0.3 is 15.2 Å². The fourth-order valence-electron chi connectivity index (χ4n) is 4.48. The third kappa shape index (κ3) is 4.59. The first kappa shape index (κ1) is 25.7. The van der Waals surface area contributed by atoms with E-state index in [1.165, 1.54) is 12.1 Å². The third-order valence-corrected chi connectivity index (χ3v) is 7.69. The number of anilines is 4. The smallest absolute Gasteiger partial charge is 0.296 e. The number of carbonyl (C=O) groups excluding carboxylic acids is 2. The maximum Gasteiger partial charge on any atom is 0.296 e. The number of aryl methyl sites for hydroxylation is 2. The topological polar surface area (TPSA) is 133 Å². The first-order chi connectivity index (χ1) is 18.1. The molecule has 0 spiro atoms. The van der Waals surface area contributed by atoms with E-state index in [0.717, 1.165) is 5.56 Å². The van der Waals surface area contributed by atoms with Crippen molar-refractivity contribution in [2.75, 3.05) is 10.6 Å². The van der Waals surface area contributed by atoms with Crippen molar-refractivity contribution in [2.45, 2.75) is 23.6 Å². The zero-order valence-electron chi connectivity index (χ0n) is 20.3. The Hall–Kier alpha value is -3.96. The molecule has 4 N–H and O–H groups in total. The average Bonchev–Trinajstić information content (AvgIpc) is 2.89. The van der Waals surface area contributed by atoms with Crippen LogP contribution in [0, 0.1) is 13.8 Å². The van der Waals surface area contributed by atoms with E-state index in [0.29, 0.717) is 33.9 Å². The van der Waals surface area contributed by atoms with Crippen molar-refractivity contribution in [3.8, 4) is 0 Å². The number of rotatable bonds is 6. The molecule has 0 atom stereocenters. The van der Waals surface area contributed by atoms with E-state index in [2.05, 4.69) is 10.6 Å². The van der Waals surface area contributed by atoms with E-state index in [-0.39, 0.29) is 44.3 Å². The summed E-state index contributed by atoms with van der Waals surface area (Å²) in [6.45, 7) is 3.57. The highest BCUT2D eigenvalue weighted by Crippen LogP contribution is 2.40. The highest BCUT2D eigenvalue weighted by Gasteiger charge is 2.34. The van der Waals surface area contributed by atoms with Gasteiger partial charge in [0.25, 0.3) is 10.1 Å². The Labute approximate surface area is 223 Å². The number of ketones is 2. The highest BCUT2D eigenvalue weighted by molar-refractivity contribution is 7.94. The Morgan fingerprint density at radius 3 is 1.68 bits per heavy atom. The highest BCUT2D eigenvalue weighted by atomic mass is 32.2. The zero-order chi connectivity index (χ0) is 27.2. The molecule has 4 aromatic rings. The minimum Gasteiger partial charge on any atom is -0.354 e. The lowest BCUT2D eigenvalue weighted by Crippen LogP contribution is -2.23. The Balaban J connectivity index is 1.70. The number of benzene rings is 4. The van der Waals surface area contributed by atoms with E-state index >= 15 is 0 Å². The lowest BCUT2D eigenvalue weighted by molar-refractivity contribution is 0.0980. The van der Waals surface area contributed by atoms with E-state index < -0.39 is 15.9 Å². The van der Waals surface area contributed by atoms with Crippen molar-refractivity contribution in [1.82, 2.24) is 0 Å². The van der Waals surface area contributed by atoms with Crippen molar-refractivity contribution >= 4 is 56.5 Å². The molecular formula is C28H22N2O6S2. The second-order valence-corrected chi connectivity index (χ2v) is 10.9. The lowest BCUT2D eigenvalue weighted by atomic mass is 9.82. The maximum atomic E-state index is 13.7. The van der Waals surface area contributed by atoms with Crippen LogP contribution >= 0.6 is 12.0 Å². The molecule has 38 heavy (non-hydrogen) atoms. The van der Waals surface area contributed by atoms with Crippen molar-refractivity contribution in [2.24, 2.45) is 0 Å². The van der Waals surface area contributed by atoms with Gasteiger partial charge in [-0.3, -0.25) is 14.1 Å². The molecule has 10 heteroatoms. The predicted molar refractivity (Wildman–Crippen MR) is 147 cm³/mol. The third-order valence-electron chi connectivity index (χ3n) is 6.26. The summed E-state index contributed by atoms with van der Waals surface area (Å²) in [5.41, 5.74) is 3.33. The first-order valence-corrected chi connectivity index (χ1v) is 13.7. The Morgan fingerprint density at radius 1 is 0.684 bits per heavy atom. The minimum atomic E-state index is -4.58. The predicted octanol–water partition coefficient (Wildman–Crippen LogP) is 6.38. The molecule has 0 aliphatic heterocycles. The van der Waals surface area contributed by atoms with Gasteiger partial charge in [0.2, 0.25) is 0 Å². The van der Waals surface area contributed by atoms with Gasteiger partial charge >= 0.3 is 0 Å². The normalized spacial score (nSPS) is 12.6.